The number of carbonyl (C=O) groups is 1. The van der Waals surface area contributed by atoms with Crippen molar-refractivity contribution in [3.05, 3.63) is 34.2 Å². The molecule has 0 N–H and O–H groups in total. The molecule has 0 unspecified atom stereocenters. The van der Waals surface area contributed by atoms with Gasteiger partial charge < -0.3 is 14.4 Å². The van der Waals surface area contributed by atoms with Crippen LogP contribution in [0.5, 0.6) is 0 Å². The van der Waals surface area contributed by atoms with Gasteiger partial charge >= 0.3 is 5.97 Å². The number of thiazole rings is 1. The maximum Gasteiger partial charge on any atom is 0.343 e. The Bertz CT molecular complexity index is 733. The Hall–Kier alpha value is -2.10. The molecule has 3 heterocycles. The number of esters is 1. The molecule has 2 aromatic heterocycles. The van der Waals surface area contributed by atoms with Gasteiger partial charge in [-0.1, -0.05) is 0 Å². The number of hydrogen-bond acceptors (Lipinski definition) is 9. The van der Waals surface area contributed by atoms with Crippen LogP contribution in [0.2, 0.25) is 0 Å². The number of morpholine rings is 1. The van der Waals surface area contributed by atoms with Crippen LogP contribution in [-0.4, -0.2) is 65.8 Å². The highest BCUT2D eigenvalue weighted by molar-refractivity contribution is 7.09. The molecule has 0 amide bonds. The molecule has 0 bridgehead atoms. The highest BCUT2D eigenvalue weighted by atomic mass is 32.1. The lowest BCUT2D eigenvalue weighted by Crippen LogP contribution is -2.35. The van der Waals surface area contributed by atoms with E-state index in [0.29, 0.717) is 24.5 Å². The Morgan fingerprint density at radius 3 is 3.00 bits per heavy atom. The van der Waals surface area contributed by atoms with E-state index in [1.807, 2.05) is 11.9 Å². The molecule has 1 saturated heterocycles. The number of hydrogen-bond donors (Lipinski definition) is 0. The summed E-state index contributed by atoms with van der Waals surface area (Å²) in [5.41, 5.74) is 1.31. The van der Waals surface area contributed by atoms with E-state index in [0.717, 1.165) is 43.5 Å². The highest BCUT2D eigenvalue weighted by Crippen LogP contribution is 2.20. The number of rotatable bonds is 7. The molecule has 140 valence electrons. The number of carbonyl (C=O) groups excluding carboxylic acids is 1. The third-order valence-corrected chi connectivity index (χ3v) is 4.89. The van der Waals surface area contributed by atoms with Crippen molar-refractivity contribution in [2.75, 3.05) is 44.9 Å². The largest absolute Gasteiger partial charge is 0.462 e. The van der Waals surface area contributed by atoms with Crippen LogP contribution in [0.15, 0.2) is 17.9 Å². The summed E-state index contributed by atoms with van der Waals surface area (Å²) < 4.78 is 10.5. The predicted octanol–water partition coefficient (Wildman–Crippen LogP) is 1.58. The molecular weight excluding hydrogens is 354 g/mol. The van der Waals surface area contributed by atoms with Crippen LogP contribution >= 0.6 is 11.3 Å². The second-order valence-corrected chi connectivity index (χ2v) is 6.90. The zero-order chi connectivity index (χ0) is 18.4. The summed E-state index contributed by atoms with van der Waals surface area (Å²) in [5, 5.41) is 3.14. The lowest BCUT2D eigenvalue weighted by Gasteiger charge is -2.25. The van der Waals surface area contributed by atoms with Gasteiger partial charge in [0.15, 0.2) is 0 Å². The van der Waals surface area contributed by atoms with Crippen molar-refractivity contribution in [3.63, 3.8) is 0 Å². The number of aromatic nitrogens is 3. The third kappa shape index (κ3) is 4.75. The van der Waals surface area contributed by atoms with Crippen molar-refractivity contribution in [2.45, 2.75) is 20.0 Å². The molecular formula is C17H23N5O3S. The normalized spacial score (nSPS) is 15.0. The Kier molecular flexibility index (Phi) is 6.48. The van der Waals surface area contributed by atoms with Gasteiger partial charge in [-0.25, -0.2) is 19.7 Å². The number of nitrogens with zero attached hydrogens (tertiary/aromatic N) is 5. The second-order valence-electron chi connectivity index (χ2n) is 5.96. The Labute approximate surface area is 156 Å². The SMILES string of the molecule is CCOC(=O)c1cncnc1N(C)Cc1csc(CN2CCOCC2)n1. The summed E-state index contributed by atoms with van der Waals surface area (Å²) >= 11 is 1.65. The standard InChI is InChI=1S/C17H23N5O3S/c1-3-25-17(23)14-8-18-12-19-16(14)21(2)9-13-11-26-15(20-13)10-22-4-6-24-7-5-22/h8,11-12H,3-7,9-10H2,1-2H3. The second kappa shape index (κ2) is 9.02. The molecule has 0 radical (unpaired) electrons. The molecule has 0 aromatic carbocycles. The molecule has 0 saturated carbocycles. The first-order valence-electron chi connectivity index (χ1n) is 8.59. The quantitative estimate of drug-likeness (QED) is 0.673. The number of ether oxygens (including phenoxy) is 2. The van der Waals surface area contributed by atoms with Crippen LogP contribution in [0.1, 0.15) is 28.0 Å². The molecule has 1 aliphatic rings. The van der Waals surface area contributed by atoms with Gasteiger partial charge in [-0.2, -0.15) is 0 Å². The fourth-order valence-corrected chi connectivity index (χ4v) is 3.57. The van der Waals surface area contributed by atoms with Gasteiger partial charge in [0.1, 0.15) is 22.7 Å². The van der Waals surface area contributed by atoms with Gasteiger partial charge in [0.05, 0.1) is 38.6 Å². The zero-order valence-electron chi connectivity index (χ0n) is 15.1. The monoisotopic (exact) mass is 377 g/mol. The molecule has 2 aromatic rings. The fourth-order valence-electron chi connectivity index (χ4n) is 2.74. The van der Waals surface area contributed by atoms with Crippen molar-refractivity contribution in [1.82, 2.24) is 19.9 Å². The first-order chi connectivity index (χ1) is 12.7. The Morgan fingerprint density at radius 2 is 2.23 bits per heavy atom. The third-order valence-electron chi connectivity index (χ3n) is 4.01. The van der Waals surface area contributed by atoms with Gasteiger partial charge in [0.25, 0.3) is 0 Å². The van der Waals surface area contributed by atoms with Crippen LogP contribution in [0, 0.1) is 0 Å². The van der Waals surface area contributed by atoms with Crippen LogP contribution < -0.4 is 4.90 Å². The van der Waals surface area contributed by atoms with E-state index >= 15 is 0 Å². The minimum absolute atomic E-state index is 0.313. The first kappa shape index (κ1) is 18.7. The minimum atomic E-state index is -0.416. The van der Waals surface area contributed by atoms with Gasteiger partial charge in [-0.3, -0.25) is 4.90 Å². The average molecular weight is 377 g/mol. The van der Waals surface area contributed by atoms with Gasteiger partial charge in [0.2, 0.25) is 0 Å². The van der Waals surface area contributed by atoms with E-state index in [1.54, 1.807) is 18.3 Å². The summed E-state index contributed by atoms with van der Waals surface area (Å²) in [6.45, 7) is 6.94. The van der Waals surface area contributed by atoms with E-state index in [4.69, 9.17) is 14.5 Å². The smallest absolute Gasteiger partial charge is 0.343 e. The van der Waals surface area contributed by atoms with Crippen molar-refractivity contribution in [3.8, 4) is 0 Å². The van der Waals surface area contributed by atoms with E-state index < -0.39 is 5.97 Å². The van der Waals surface area contributed by atoms with Crippen molar-refractivity contribution < 1.29 is 14.3 Å². The molecule has 8 nitrogen and oxygen atoms in total. The summed E-state index contributed by atoms with van der Waals surface area (Å²) in [7, 11) is 1.88. The molecule has 9 heteroatoms. The van der Waals surface area contributed by atoms with E-state index in [2.05, 4.69) is 20.2 Å². The minimum Gasteiger partial charge on any atom is -0.462 e. The summed E-state index contributed by atoms with van der Waals surface area (Å²) in [6, 6.07) is 0. The van der Waals surface area contributed by atoms with Gasteiger partial charge in [-0.05, 0) is 6.92 Å². The lowest BCUT2D eigenvalue weighted by atomic mass is 10.3. The van der Waals surface area contributed by atoms with Gasteiger partial charge in [-0.15, -0.1) is 11.3 Å². The zero-order valence-corrected chi connectivity index (χ0v) is 15.9. The summed E-state index contributed by atoms with van der Waals surface area (Å²) in [5.74, 6) is 0.127. The fraction of sp³-hybridized carbons (Fsp3) is 0.529. The van der Waals surface area contributed by atoms with Crippen LogP contribution in [0.25, 0.3) is 0 Å². The topological polar surface area (TPSA) is 80.7 Å². The predicted molar refractivity (Wildman–Crippen MR) is 98.3 cm³/mol. The van der Waals surface area contributed by atoms with Crippen LogP contribution in [-0.2, 0) is 22.6 Å². The summed E-state index contributed by atoms with van der Waals surface area (Å²) in [4.78, 5) is 29.2. The maximum atomic E-state index is 12.1. The maximum absolute atomic E-state index is 12.1. The van der Waals surface area contributed by atoms with Crippen molar-refractivity contribution in [1.29, 1.82) is 0 Å². The summed E-state index contributed by atoms with van der Waals surface area (Å²) in [6.07, 6.45) is 2.92. The van der Waals surface area contributed by atoms with E-state index in [9.17, 15) is 4.79 Å². The van der Waals surface area contributed by atoms with E-state index in [1.165, 1.54) is 12.5 Å². The molecule has 1 aliphatic heterocycles. The molecule has 3 rings (SSSR count). The molecule has 1 fully saturated rings. The molecule has 26 heavy (non-hydrogen) atoms. The average Bonchev–Trinajstić information content (AvgIpc) is 3.09. The first-order valence-corrected chi connectivity index (χ1v) is 9.47. The number of anilines is 1. The molecule has 0 aliphatic carbocycles. The Balaban J connectivity index is 1.65. The molecule has 0 atom stereocenters. The van der Waals surface area contributed by atoms with Crippen molar-refractivity contribution in [2.24, 2.45) is 0 Å². The van der Waals surface area contributed by atoms with Crippen LogP contribution in [0.3, 0.4) is 0 Å². The van der Waals surface area contributed by atoms with E-state index in [-0.39, 0.29) is 0 Å². The van der Waals surface area contributed by atoms with Crippen LogP contribution in [0.4, 0.5) is 5.82 Å². The van der Waals surface area contributed by atoms with Crippen molar-refractivity contribution >= 4 is 23.1 Å². The highest BCUT2D eigenvalue weighted by Gasteiger charge is 2.18. The Morgan fingerprint density at radius 1 is 1.42 bits per heavy atom. The lowest BCUT2D eigenvalue weighted by molar-refractivity contribution is 0.0341. The molecule has 0 spiro atoms. The van der Waals surface area contributed by atoms with Gasteiger partial charge in [0, 0.05) is 31.7 Å².